The molecule has 0 saturated carbocycles. The molecule has 0 spiro atoms. The Morgan fingerprint density at radius 2 is 1.91 bits per heavy atom. The molecule has 1 aromatic heterocycles. The molecule has 1 heterocycles. The number of pyridine rings is 1. The summed E-state index contributed by atoms with van der Waals surface area (Å²) in [7, 11) is 0. The zero-order valence-corrected chi connectivity index (χ0v) is 12.6. The van der Waals surface area contributed by atoms with Crippen molar-refractivity contribution < 1.29 is 9.50 Å². The molecular weight excluding hydrogens is 289 g/mol. The van der Waals surface area contributed by atoms with Crippen molar-refractivity contribution in [3.05, 3.63) is 78.1 Å². The third-order valence-electron chi connectivity index (χ3n) is 3.85. The summed E-state index contributed by atoms with van der Waals surface area (Å²) in [6, 6.07) is 11.9. The van der Waals surface area contributed by atoms with Gasteiger partial charge in [-0.3, -0.25) is 0 Å². The molecule has 0 aliphatic heterocycles. The number of rotatable bonds is 4. The van der Waals surface area contributed by atoms with Crippen molar-refractivity contribution in [2.75, 3.05) is 0 Å². The molecule has 0 bridgehead atoms. The predicted octanol–water partition coefficient (Wildman–Crippen LogP) is 4.82. The number of hydrogen-bond acceptors (Lipinski definition) is 2. The van der Waals surface area contributed by atoms with E-state index in [9.17, 15) is 9.50 Å². The van der Waals surface area contributed by atoms with Gasteiger partial charge in [-0.25, -0.2) is 9.37 Å². The van der Waals surface area contributed by atoms with Gasteiger partial charge in [-0.2, -0.15) is 0 Å². The van der Waals surface area contributed by atoms with Gasteiger partial charge in [0.1, 0.15) is 5.82 Å². The van der Waals surface area contributed by atoms with Crippen LogP contribution in [0.3, 0.4) is 0 Å². The van der Waals surface area contributed by atoms with Gasteiger partial charge in [0, 0.05) is 10.9 Å². The lowest BCUT2D eigenvalue weighted by Crippen LogP contribution is -1.96. The Hall–Kier alpha value is -2.78. The zero-order chi connectivity index (χ0) is 16.4. The minimum Gasteiger partial charge on any atom is -0.392 e. The second-order valence-corrected chi connectivity index (χ2v) is 5.21. The van der Waals surface area contributed by atoms with Crippen molar-refractivity contribution in [1.29, 1.82) is 0 Å². The lowest BCUT2D eigenvalue weighted by atomic mass is 9.96. The standard InChI is InChI=1S/C20H16FNO/c1-3-13-11-19(14-6-5-7-16(21)10-14)22-18-9-8-15(12-23)17(4-2)20(13)18/h3-11,23H,1-2,12H2. The first-order chi connectivity index (χ1) is 11.2. The van der Waals surface area contributed by atoms with Crippen LogP contribution in [-0.4, -0.2) is 10.1 Å². The fourth-order valence-electron chi connectivity index (χ4n) is 2.76. The van der Waals surface area contributed by atoms with Gasteiger partial charge >= 0.3 is 0 Å². The highest BCUT2D eigenvalue weighted by Gasteiger charge is 2.11. The van der Waals surface area contributed by atoms with Crippen LogP contribution in [0.2, 0.25) is 0 Å². The van der Waals surface area contributed by atoms with E-state index in [1.54, 1.807) is 18.2 Å². The number of aromatic nitrogens is 1. The number of fused-ring (bicyclic) bond motifs is 1. The van der Waals surface area contributed by atoms with Gasteiger partial charge in [0.15, 0.2) is 0 Å². The van der Waals surface area contributed by atoms with Crippen LogP contribution < -0.4 is 0 Å². The Morgan fingerprint density at radius 3 is 2.57 bits per heavy atom. The van der Waals surface area contributed by atoms with E-state index >= 15 is 0 Å². The molecule has 114 valence electrons. The van der Waals surface area contributed by atoms with Crippen molar-refractivity contribution in [1.82, 2.24) is 4.98 Å². The topological polar surface area (TPSA) is 33.1 Å². The molecule has 0 aliphatic rings. The maximum absolute atomic E-state index is 13.5. The molecule has 2 aromatic carbocycles. The van der Waals surface area contributed by atoms with E-state index in [1.807, 2.05) is 24.3 Å². The summed E-state index contributed by atoms with van der Waals surface area (Å²) in [6.45, 7) is 7.63. The van der Waals surface area contributed by atoms with E-state index in [4.69, 9.17) is 0 Å². The normalized spacial score (nSPS) is 10.7. The van der Waals surface area contributed by atoms with Crippen LogP contribution in [0.4, 0.5) is 4.39 Å². The van der Waals surface area contributed by atoms with E-state index < -0.39 is 0 Å². The van der Waals surface area contributed by atoms with Crippen molar-refractivity contribution >= 4 is 23.1 Å². The van der Waals surface area contributed by atoms with Crippen LogP contribution in [0, 0.1) is 5.82 Å². The molecule has 2 nitrogen and oxygen atoms in total. The molecular formula is C20H16FNO. The van der Waals surface area contributed by atoms with Gasteiger partial charge in [0.25, 0.3) is 0 Å². The van der Waals surface area contributed by atoms with E-state index in [2.05, 4.69) is 18.1 Å². The third kappa shape index (κ3) is 2.67. The average Bonchev–Trinajstić information content (AvgIpc) is 2.59. The Kier molecular flexibility index (Phi) is 4.04. The highest BCUT2D eigenvalue weighted by molar-refractivity contribution is 5.97. The van der Waals surface area contributed by atoms with Crippen molar-refractivity contribution in [2.24, 2.45) is 0 Å². The molecule has 0 radical (unpaired) electrons. The summed E-state index contributed by atoms with van der Waals surface area (Å²) in [5.74, 6) is -0.299. The van der Waals surface area contributed by atoms with Crippen molar-refractivity contribution in [3.8, 4) is 11.3 Å². The number of nitrogens with zero attached hydrogens (tertiary/aromatic N) is 1. The highest BCUT2D eigenvalue weighted by Crippen LogP contribution is 2.30. The van der Waals surface area contributed by atoms with Crippen LogP contribution >= 0.6 is 0 Å². The quantitative estimate of drug-likeness (QED) is 0.749. The summed E-state index contributed by atoms with van der Waals surface area (Å²) in [4.78, 5) is 4.64. The summed E-state index contributed by atoms with van der Waals surface area (Å²) < 4.78 is 13.5. The highest BCUT2D eigenvalue weighted by atomic mass is 19.1. The van der Waals surface area contributed by atoms with Gasteiger partial charge in [-0.05, 0) is 41.0 Å². The van der Waals surface area contributed by atoms with Crippen LogP contribution in [0.5, 0.6) is 0 Å². The van der Waals surface area contributed by atoms with Crippen LogP contribution in [0.1, 0.15) is 16.7 Å². The fraction of sp³-hybridized carbons (Fsp3) is 0.0500. The van der Waals surface area contributed by atoms with Gasteiger partial charge < -0.3 is 5.11 Å². The average molecular weight is 305 g/mol. The molecule has 0 fully saturated rings. The van der Waals surface area contributed by atoms with Crippen LogP contribution in [-0.2, 0) is 6.61 Å². The first-order valence-corrected chi connectivity index (χ1v) is 7.26. The molecule has 23 heavy (non-hydrogen) atoms. The Labute approximate surface area is 134 Å². The molecule has 3 rings (SSSR count). The molecule has 3 aromatic rings. The largest absolute Gasteiger partial charge is 0.392 e. The zero-order valence-electron chi connectivity index (χ0n) is 12.6. The molecule has 0 unspecified atom stereocenters. The Balaban J connectivity index is 2.34. The predicted molar refractivity (Wildman–Crippen MR) is 93.2 cm³/mol. The molecule has 1 N–H and O–H groups in total. The number of hydrogen-bond donors (Lipinski definition) is 1. The summed E-state index contributed by atoms with van der Waals surface area (Å²) in [5, 5.41) is 10.4. The van der Waals surface area contributed by atoms with E-state index in [1.165, 1.54) is 12.1 Å². The maximum atomic E-state index is 13.5. The monoisotopic (exact) mass is 305 g/mol. The minimum absolute atomic E-state index is 0.0699. The summed E-state index contributed by atoms with van der Waals surface area (Å²) >= 11 is 0. The second-order valence-electron chi connectivity index (χ2n) is 5.21. The van der Waals surface area contributed by atoms with Gasteiger partial charge in [-0.15, -0.1) is 0 Å². The second kappa shape index (κ2) is 6.15. The lowest BCUT2D eigenvalue weighted by molar-refractivity contribution is 0.282. The number of aliphatic hydroxyl groups excluding tert-OH is 1. The van der Waals surface area contributed by atoms with Gasteiger partial charge in [-0.1, -0.05) is 43.5 Å². The molecule has 0 aliphatic carbocycles. The van der Waals surface area contributed by atoms with Crippen molar-refractivity contribution in [3.63, 3.8) is 0 Å². The smallest absolute Gasteiger partial charge is 0.123 e. The van der Waals surface area contributed by atoms with E-state index in [-0.39, 0.29) is 12.4 Å². The van der Waals surface area contributed by atoms with E-state index in [0.29, 0.717) is 11.3 Å². The molecule has 0 saturated heterocycles. The first kappa shape index (κ1) is 15.1. The first-order valence-electron chi connectivity index (χ1n) is 7.26. The number of aliphatic hydroxyl groups is 1. The minimum atomic E-state index is -0.299. The number of halogens is 1. The summed E-state index contributed by atoms with van der Waals surface area (Å²) in [5.41, 5.74) is 4.65. The number of benzene rings is 2. The third-order valence-corrected chi connectivity index (χ3v) is 3.85. The van der Waals surface area contributed by atoms with Crippen LogP contribution in [0.15, 0.2) is 55.6 Å². The Bertz CT molecular complexity index is 915. The van der Waals surface area contributed by atoms with Crippen molar-refractivity contribution in [2.45, 2.75) is 6.61 Å². The lowest BCUT2D eigenvalue weighted by Gasteiger charge is -2.12. The fourth-order valence-corrected chi connectivity index (χ4v) is 2.76. The Morgan fingerprint density at radius 1 is 1.09 bits per heavy atom. The molecule has 0 atom stereocenters. The van der Waals surface area contributed by atoms with Gasteiger partial charge in [0.2, 0.25) is 0 Å². The van der Waals surface area contributed by atoms with Gasteiger partial charge in [0.05, 0.1) is 17.8 Å². The molecule has 0 amide bonds. The molecule has 3 heteroatoms. The van der Waals surface area contributed by atoms with E-state index in [0.717, 1.165) is 27.6 Å². The summed E-state index contributed by atoms with van der Waals surface area (Å²) in [6.07, 6.45) is 3.45. The maximum Gasteiger partial charge on any atom is 0.123 e. The SMILES string of the molecule is C=Cc1cc(-c2cccc(F)c2)nc2ccc(CO)c(C=C)c12. The van der Waals surface area contributed by atoms with Crippen LogP contribution in [0.25, 0.3) is 34.3 Å².